The second-order valence-corrected chi connectivity index (χ2v) is 2.76. The molecule has 0 atom stereocenters. The zero-order chi connectivity index (χ0) is 12.2. The van der Waals surface area contributed by atoms with E-state index in [9.17, 15) is 14.4 Å². The highest BCUT2D eigenvalue weighted by molar-refractivity contribution is 5.87. The van der Waals surface area contributed by atoms with Crippen LogP contribution in [0.15, 0.2) is 21.6 Å². The minimum absolute atomic E-state index is 0.0474. The Labute approximate surface area is 92.7 Å². The first-order chi connectivity index (χ1) is 7.72. The summed E-state index contributed by atoms with van der Waals surface area (Å²) in [6, 6.07) is 0. The number of hydrogen-bond acceptors (Lipinski definition) is 6. The Morgan fingerprint density at radius 1 is 1.25 bits per heavy atom. The van der Waals surface area contributed by atoms with Gasteiger partial charge in [-0.15, -0.1) is 0 Å². The average Bonchev–Trinajstić information content (AvgIpc) is 2.29. The van der Waals surface area contributed by atoms with Crippen LogP contribution >= 0.6 is 0 Å². The molecule has 0 bridgehead atoms. The quantitative estimate of drug-likeness (QED) is 0.207. The van der Waals surface area contributed by atoms with Gasteiger partial charge in [0.05, 0.1) is 13.1 Å². The highest BCUT2D eigenvalue weighted by Crippen LogP contribution is 1.99. The lowest BCUT2D eigenvalue weighted by Gasteiger charge is -2.01. The summed E-state index contributed by atoms with van der Waals surface area (Å²) in [5, 5.41) is 0. The maximum atomic E-state index is 11.2. The molecule has 6 nitrogen and oxygen atoms in total. The van der Waals surface area contributed by atoms with Crippen LogP contribution in [0.2, 0.25) is 0 Å². The predicted octanol–water partition coefficient (Wildman–Crippen LogP) is 0.538. The normalized spacial score (nSPS) is 9.94. The lowest BCUT2D eigenvalue weighted by molar-refractivity contribution is -0.138. The number of nitrogens with zero attached hydrogens (tertiary/aromatic N) is 2. The maximum Gasteiger partial charge on any atom is 0.333 e. The molecule has 0 aromatic heterocycles. The summed E-state index contributed by atoms with van der Waals surface area (Å²) in [6.45, 7) is 2.04. The van der Waals surface area contributed by atoms with E-state index in [4.69, 9.17) is 4.74 Å². The van der Waals surface area contributed by atoms with Gasteiger partial charge in [-0.05, 0) is 13.3 Å². The number of aliphatic imine (C=N–C) groups is 2. The number of hydrogen-bond donors (Lipinski definition) is 0. The molecule has 0 heterocycles. The number of isocyanates is 2. The van der Waals surface area contributed by atoms with Crippen LogP contribution in [-0.4, -0.2) is 37.8 Å². The van der Waals surface area contributed by atoms with E-state index in [-0.39, 0.29) is 13.2 Å². The molecule has 0 saturated heterocycles. The third-order valence-corrected chi connectivity index (χ3v) is 1.58. The topological polar surface area (TPSA) is 85.2 Å². The van der Waals surface area contributed by atoms with E-state index in [1.54, 1.807) is 13.0 Å². The van der Waals surface area contributed by atoms with Gasteiger partial charge in [0.1, 0.15) is 6.61 Å². The zero-order valence-corrected chi connectivity index (χ0v) is 8.93. The van der Waals surface area contributed by atoms with Gasteiger partial charge in [0, 0.05) is 5.57 Å². The van der Waals surface area contributed by atoms with Gasteiger partial charge >= 0.3 is 5.97 Å². The standard InChI is InChI=1S/C10H12N2O4/c1-9(3-2-4-11-7-13)10(15)16-6-5-12-8-14/h3H,2,4-6H2,1H3. The SMILES string of the molecule is CC(=CCCN=C=O)C(=O)OCCN=C=O. The van der Waals surface area contributed by atoms with E-state index in [1.165, 1.54) is 12.2 Å². The van der Waals surface area contributed by atoms with E-state index < -0.39 is 5.97 Å². The molecule has 0 aromatic rings. The highest BCUT2D eigenvalue weighted by atomic mass is 16.5. The molecule has 0 unspecified atom stereocenters. The molecule has 0 fully saturated rings. The molecule has 0 radical (unpaired) electrons. The molecular formula is C10H12N2O4. The summed E-state index contributed by atoms with van der Waals surface area (Å²) in [4.78, 5) is 37.2. The monoisotopic (exact) mass is 224 g/mol. The largest absolute Gasteiger partial charge is 0.460 e. The van der Waals surface area contributed by atoms with Gasteiger partial charge < -0.3 is 4.74 Å². The smallest absolute Gasteiger partial charge is 0.333 e. The zero-order valence-electron chi connectivity index (χ0n) is 8.93. The molecule has 0 N–H and O–H groups in total. The van der Waals surface area contributed by atoms with Crippen LogP contribution in [0.4, 0.5) is 0 Å². The second-order valence-electron chi connectivity index (χ2n) is 2.76. The van der Waals surface area contributed by atoms with Gasteiger partial charge in [0.25, 0.3) is 0 Å². The van der Waals surface area contributed by atoms with E-state index in [1.807, 2.05) is 0 Å². The van der Waals surface area contributed by atoms with Crippen molar-refractivity contribution in [1.82, 2.24) is 0 Å². The molecule has 0 rings (SSSR count). The van der Waals surface area contributed by atoms with E-state index >= 15 is 0 Å². The summed E-state index contributed by atoms with van der Waals surface area (Å²) in [7, 11) is 0. The Morgan fingerprint density at radius 2 is 1.88 bits per heavy atom. The molecule has 0 spiro atoms. The van der Waals surface area contributed by atoms with E-state index in [2.05, 4.69) is 9.98 Å². The van der Waals surface area contributed by atoms with Crippen molar-refractivity contribution >= 4 is 18.1 Å². The van der Waals surface area contributed by atoms with Crippen molar-refractivity contribution in [2.75, 3.05) is 19.7 Å². The number of rotatable bonds is 7. The van der Waals surface area contributed by atoms with Crippen LogP contribution in [0.5, 0.6) is 0 Å². The minimum atomic E-state index is -0.476. The third-order valence-electron chi connectivity index (χ3n) is 1.58. The Balaban J connectivity index is 3.87. The van der Waals surface area contributed by atoms with E-state index in [0.717, 1.165) is 0 Å². The lowest BCUT2D eigenvalue weighted by atomic mass is 10.2. The van der Waals surface area contributed by atoms with Gasteiger partial charge in [0.15, 0.2) is 0 Å². The molecule has 0 aliphatic rings. The fourth-order valence-electron chi connectivity index (χ4n) is 0.818. The molecule has 0 amide bonds. The van der Waals surface area contributed by atoms with Crippen LogP contribution < -0.4 is 0 Å². The van der Waals surface area contributed by atoms with Crippen molar-refractivity contribution in [3.05, 3.63) is 11.6 Å². The summed E-state index contributed by atoms with van der Waals surface area (Å²) >= 11 is 0. The van der Waals surface area contributed by atoms with Crippen molar-refractivity contribution < 1.29 is 19.1 Å². The molecule has 6 heteroatoms. The minimum Gasteiger partial charge on any atom is -0.460 e. The number of esters is 1. The summed E-state index contributed by atoms with van der Waals surface area (Å²) in [5.74, 6) is -0.476. The van der Waals surface area contributed by atoms with Crippen LogP contribution in [0.1, 0.15) is 13.3 Å². The Kier molecular flexibility index (Phi) is 8.31. The summed E-state index contributed by atoms with van der Waals surface area (Å²) in [5.41, 5.74) is 0.427. The van der Waals surface area contributed by atoms with Crippen LogP contribution in [0.25, 0.3) is 0 Å². The number of carbonyl (C=O) groups excluding carboxylic acids is 3. The van der Waals surface area contributed by atoms with Gasteiger partial charge in [0.2, 0.25) is 12.2 Å². The van der Waals surface area contributed by atoms with Gasteiger partial charge in [-0.1, -0.05) is 6.08 Å². The summed E-state index contributed by atoms with van der Waals surface area (Å²) in [6.07, 6.45) is 4.83. The Hall–Kier alpha value is -2.03. The second kappa shape index (κ2) is 9.52. The average molecular weight is 224 g/mol. The molecule has 0 aliphatic carbocycles. The van der Waals surface area contributed by atoms with E-state index in [0.29, 0.717) is 18.5 Å². The summed E-state index contributed by atoms with van der Waals surface area (Å²) < 4.78 is 4.78. The van der Waals surface area contributed by atoms with Gasteiger partial charge in [-0.25, -0.2) is 24.4 Å². The number of carbonyl (C=O) groups is 1. The van der Waals surface area contributed by atoms with Crippen LogP contribution in [0, 0.1) is 0 Å². The molecule has 0 aliphatic heterocycles. The Bertz CT molecular complexity index is 350. The van der Waals surface area contributed by atoms with Crippen molar-refractivity contribution in [3.63, 3.8) is 0 Å². The maximum absolute atomic E-state index is 11.2. The molecule has 0 saturated carbocycles. The van der Waals surface area contributed by atoms with Crippen molar-refractivity contribution in [2.45, 2.75) is 13.3 Å². The third kappa shape index (κ3) is 7.38. The molecule has 0 aromatic carbocycles. The first-order valence-electron chi connectivity index (χ1n) is 4.63. The Morgan fingerprint density at radius 3 is 2.50 bits per heavy atom. The van der Waals surface area contributed by atoms with Crippen LogP contribution in [-0.2, 0) is 19.1 Å². The molecule has 86 valence electrons. The fraction of sp³-hybridized carbons (Fsp3) is 0.500. The lowest BCUT2D eigenvalue weighted by Crippen LogP contribution is -2.08. The van der Waals surface area contributed by atoms with Crippen molar-refractivity contribution in [2.24, 2.45) is 9.98 Å². The fourth-order valence-corrected chi connectivity index (χ4v) is 0.818. The van der Waals surface area contributed by atoms with Crippen LogP contribution in [0.3, 0.4) is 0 Å². The highest BCUT2D eigenvalue weighted by Gasteiger charge is 2.03. The first kappa shape index (κ1) is 14.0. The van der Waals surface area contributed by atoms with Crippen molar-refractivity contribution in [3.8, 4) is 0 Å². The molecular weight excluding hydrogens is 212 g/mol. The predicted molar refractivity (Wildman–Crippen MR) is 55.3 cm³/mol. The molecule has 16 heavy (non-hydrogen) atoms. The first-order valence-corrected chi connectivity index (χ1v) is 4.63. The number of ether oxygens (including phenoxy) is 1. The van der Waals surface area contributed by atoms with Gasteiger partial charge in [-0.2, -0.15) is 0 Å². The van der Waals surface area contributed by atoms with Crippen molar-refractivity contribution in [1.29, 1.82) is 0 Å². The van der Waals surface area contributed by atoms with Gasteiger partial charge in [-0.3, -0.25) is 0 Å².